The van der Waals surface area contributed by atoms with Crippen LogP contribution < -0.4 is 11.1 Å². The van der Waals surface area contributed by atoms with Gasteiger partial charge in [0.25, 0.3) is 5.91 Å². The smallest absolute Gasteiger partial charge is 0.258 e. The maximum absolute atomic E-state index is 13.7. The Kier molecular flexibility index (Phi) is 3.28. The zero-order valence-corrected chi connectivity index (χ0v) is 11.1. The number of fused-ring (bicyclic) bond motifs is 1. The van der Waals surface area contributed by atoms with Crippen molar-refractivity contribution in [3.05, 3.63) is 72.0 Å². The summed E-state index contributed by atoms with van der Waals surface area (Å²) in [6.07, 6.45) is 0. The summed E-state index contributed by atoms with van der Waals surface area (Å²) in [5.74, 6) is -1.11. The molecule has 0 aliphatic carbocycles. The third-order valence-electron chi connectivity index (χ3n) is 3.24. The number of nitrogens with one attached hydrogen (secondary N) is 1. The van der Waals surface area contributed by atoms with E-state index in [1.165, 1.54) is 18.2 Å². The molecule has 0 unspecified atom stereocenters. The molecule has 3 aromatic rings. The van der Waals surface area contributed by atoms with Crippen LogP contribution in [0.25, 0.3) is 10.8 Å². The van der Waals surface area contributed by atoms with E-state index in [9.17, 15) is 9.18 Å². The fourth-order valence-electron chi connectivity index (χ4n) is 2.18. The first kappa shape index (κ1) is 13.1. The molecule has 104 valence electrons. The van der Waals surface area contributed by atoms with Crippen LogP contribution in [-0.4, -0.2) is 5.91 Å². The molecule has 3 N–H and O–H groups in total. The van der Waals surface area contributed by atoms with E-state index in [0.717, 1.165) is 10.8 Å². The molecule has 3 nitrogen and oxygen atoms in total. The normalized spacial score (nSPS) is 10.5. The van der Waals surface area contributed by atoms with Crippen LogP contribution in [0, 0.1) is 5.82 Å². The molecule has 3 rings (SSSR count). The van der Waals surface area contributed by atoms with Gasteiger partial charge in [-0.2, -0.15) is 0 Å². The van der Waals surface area contributed by atoms with Gasteiger partial charge in [0.05, 0.1) is 5.56 Å². The summed E-state index contributed by atoms with van der Waals surface area (Å²) in [5.41, 5.74) is 6.48. The number of nitrogens with two attached hydrogens (primary N) is 1. The number of anilines is 2. The predicted octanol–water partition coefficient (Wildman–Crippen LogP) is 3.81. The fourth-order valence-corrected chi connectivity index (χ4v) is 2.18. The molecule has 0 radical (unpaired) electrons. The van der Waals surface area contributed by atoms with Crippen molar-refractivity contribution in [3.63, 3.8) is 0 Å². The van der Waals surface area contributed by atoms with E-state index < -0.39 is 11.7 Å². The number of carbonyl (C=O) groups excluding carboxylic acids is 1. The first-order valence-electron chi connectivity index (χ1n) is 6.49. The Morgan fingerprint density at radius 1 is 0.952 bits per heavy atom. The standard InChI is InChI=1S/C17H13FN2O/c18-16-8-6-13(19)10-15(16)17(21)20-14-7-5-11-3-1-2-4-12(11)9-14/h1-10H,19H2,(H,20,21). The second-order valence-corrected chi connectivity index (χ2v) is 4.76. The van der Waals surface area contributed by atoms with Gasteiger partial charge < -0.3 is 11.1 Å². The third-order valence-corrected chi connectivity index (χ3v) is 3.24. The van der Waals surface area contributed by atoms with Crippen LogP contribution in [-0.2, 0) is 0 Å². The number of halogens is 1. The van der Waals surface area contributed by atoms with Crippen molar-refractivity contribution in [3.8, 4) is 0 Å². The van der Waals surface area contributed by atoms with Crippen LogP contribution in [0.15, 0.2) is 60.7 Å². The molecule has 1 amide bonds. The average Bonchev–Trinajstić information content (AvgIpc) is 2.49. The predicted molar refractivity (Wildman–Crippen MR) is 82.7 cm³/mol. The lowest BCUT2D eigenvalue weighted by Gasteiger charge is -2.08. The van der Waals surface area contributed by atoms with Crippen LogP contribution in [0.3, 0.4) is 0 Å². The van der Waals surface area contributed by atoms with Gasteiger partial charge in [0.2, 0.25) is 0 Å². The largest absolute Gasteiger partial charge is 0.399 e. The Balaban J connectivity index is 1.90. The lowest BCUT2D eigenvalue weighted by molar-refractivity contribution is 0.102. The van der Waals surface area contributed by atoms with Crippen molar-refractivity contribution in [1.82, 2.24) is 0 Å². The Bertz CT molecular complexity index is 830. The molecule has 0 saturated heterocycles. The highest BCUT2D eigenvalue weighted by atomic mass is 19.1. The Morgan fingerprint density at radius 3 is 2.52 bits per heavy atom. The Hall–Kier alpha value is -2.88. The lowest BCUT2D eigenvalue weighted by atomic mass is 10.1. The van der Waals surface area contributed by atoms with E-state index in [0.29, 0.717) is 11.4 Å². The highest BCUT2D eigenvalue weighted by Crippen LogP contribution is 2.20. The quantitative estimate of drug-likeness (QED) is 0.701. The molecule has 0 spiro atoms. The first-order chi connectivity index (χ1) is 10.1. The number of carbonyl (C=O) groups is 1. The average molecular weight is 280 g/mol. The minimum atomic E-state index is -0.595. The second kappa shape index (κ2) is 5.25. The molecule has 0 heterocycles. The summed E-state index contributed by atoms with van der Waals surface area (Å²) in [5, 5.41) is 4.76. The van der Waals surface area contributed by atoms with E-state index in [4.69, 9.17) is 5.73 Å². The number of rotatable bonds is 2. The summed E-state index contributed by atoms with van der Waals surface area (Å²) < 4.78 is 13.7. The van der Waals surface area contributed by atoms with Gasteiger partial charge >= 0.3 is 0 Å². The molecule has 0 fully saturated rings. The Morgan fingerprint density at radius 2 is 1.71 bits per heavy atom. The molecule has 0 aliphatic rings. The zero-order valence-electron chi connectivity index (χ0n) is 11.1. The van der Waals surface area contributed by atoms with Crippen LogP contribution in [0.2, 0.25) is 0 Å². The fraction of sp³-hybridized carbons (Fsp3) is 0. The maximum atomic E-state index is 13.7. The molecule has 0 atom stereocenters. The number of amides is 1. The minimum absolute atomic E-state index is 0.0665. The van der Waals surface area contributed by atoms with Gasteiger partial charge in [-0.05, 0) is 41.1 Å². The van der Waals surface area contributed by atoms with Crippen molar-refractivity contribution in [2.45, 2.75) is 0 Å². The summed E-state index contributed by atoms with van der Waals surface area (Å²) in [6, 6.07) is 17.3. The topological polar surface area (TPSA) is 55.1 Å². The number of nitrogen functional groups attached to an aromatic ring is 1. The van der Waals surface area contributed by atoms with E-state index in [-0.39, 0.29) is 5.56 Å². The highest BCUT2D eigenvalue weighted by molar-refractivity contribution is 6.05. The van der Waals surface area contributed by atoms with Crippen LogP contribution in [0.5, 0.6) is 0 Å². The van der Waals surface area contributed by atoms with E-state index >= 15 is 0 Å². The van der Waals surface area contributed by atoms with Crippen LogP contribution in [0.1, 0.15) is 10.4 Å². The molecule has 0 aromatic heterocycles. The van der Waals surface area contributed by atoms with Gasteiger partial charge in [-0.25, -0.2) is 4.39 Å². The second-order valence-electron chi connectivity index (χ2n) is 4.76. The molecular formula is C17H13FN2O. The third kappa shape index (κ3) is 2.69. The van der Waals surface area contributed by atoms with Crippen molar-refractivity contribution in [2.24, 2.45) is 0 Å². The molecule has 21 heavy (non-hydrogen) atoms. The van der Waals surface area contributed by atoms with Gasteiger partial charge in [-0.15, -0.1) is 0 Å². The van der Waals surface area contributed by atoms with Crippen LogP contribution in [0.4, 0.5) is 15.8 Å². The monoisotopic (exact) mass is 280 g/mol. The van der Waals surface area contributed by atoms with Crippen molar-refractivity contribution in [1.29, 1.82) is 0 Å². The van der Waals surface area contributed by atoms with Crippen molar-refractivity contribution in [2.75, 3.05) is 11.1 Å². The molecule has 4 heteroatoms. The minimum Gasteiger partial charge on any atom is -0.399 e. The SMILES string of the molecule is Nc1ccc(F)c(C(=O)Nc2ccc3ccccc3c2)c1. The summed E-state index contributed by atoms with van der Waals surface area (Å²) >= 11 is 0. The first-order valence-corrected chi connectivity index (χ1v) is 6.49. The number of hydrogen-bond donors (Lipinski definition) is 2. The van der Waals surface area contributed by atoms with E-state index in [1.54, 1.807) is 6.07 Å². The molecule has 0 bridgehead atoms. The number of hydrogen-bond acceptors (Lipinski definition) is 2. The molecule has 0 aliphatic heterocycles. The van der Waals surface area contributed by atoms with E-state index in [1.807, 2.05) is 36.4 Å². The maximum Gasteiger partial charge on any atom is 0.258 e. The molecule has 3 aromatic carbocycles. The van der Waals surface area contributed by atoms with Gasteiger partial charge in [0.1, 0.15) is 5.82 Å². The lowest BCUT2D eigenvalue weighted by Crippen LogP contribution is -2.14. The van der Waals surface area contributed by atoms with Gasteiger partial charge in [0.15, 0.2) is 0 Å². The van der Waals surface area contributed by atoms with Crippen molar-refractivity contribution < 1.29 is 9.18 Å². The van der Waals surface area contributed by atoms with Gasteiger partial charge in [-0.3, -0.25) is 4.79 Å². The van der Waals surface area contributed by atoms with Gasteiger partial charge in [0, 0.05) is 11.4 Å². The van der Waals surface area contributed by atoms with Crippen molar-refractivity contribution >= 4 is 28.1 Å². The van der Waals surface area contributed by atoms with E-state index in [2.05, 4.69) is 5.32 Å². The zero-order chi connectivity index (χ0) is 14.8. The highest BCUT2D eigenvalue weighted by Gasteiger charge is 2.12. The summed E-state index contributed by atoms with van der Waals surface area (Å²) in [6.45, 7) is 0. The summed E-state index contributed by atoms with van der Waals surface area (Å²) in [7, 11) is 0. The number of benzene rings is 3. The van der Waals surface area contributed by atoms with Gasteiger partial charge in [-0.1, -0.05) is 30.3 Å². The Labute approximate surface area is 121 Å². The van der Waals surface area contributed by atoms with Crippen LogP contribution >= 0.6 is 0 Å². The molecule has 0 saturated carbocycles. The summed E-state index contributed by atoms with van der Waals surface area (Å²) in [4.78, 5) is 12.1. The molecular weight excluding hydrogens is 267 g/mol.